The molecular formula is C18H26N2O4S. The van der Waals surface area contributed by atoms with E-state index < -0.39 is 10.0 Å². The minimum absolute atomic E-state index is 0.00969. The molecule has 138 valence electrons. The smallest absolute Gasteiger partial charge is 0.243 e. The molecule has 0 unspecified atom stereocenters. The topological polar surface area (TPSA) is 83.6 Å². The van der Waals surface area contributed by atoms with Gasteiger partial charge in [-0.25, -0.2) is 8.42 Å². The third-order valence-corrected chi connectivity index (χ3v) is 6.53. The Hall–Kier alpha value is -1.73. The van der Waals surface area contributed by atoms with Gasteiger partial charge in [0.1, 0.15) is 5.78 Å². The van der Waals surface area contributed by atoms with E-state index in [1.54, 1.807) is 6.07 Å². The Bertz CT molecular complexity index is 750. The average Bonchev–Trinajstić information content (AvgIpc) is 2.53. The standard InChI is InChI=1S/C18H26N2O4S/c1-13-4-6-17(14(2)12-13)25(23,24)20-10-8-16(9-11-20)19-18(22)7-5-15(3)21/h4,6,12,16H,5,7-11H2,1-3H3,(H,19,22). The monoisotopic (exact) mass is 366 g/mol. The van der Waals surface area contributed by atoms with Crippen LogP contribution < -0.4 is 5.32 Å². The lowest BCUT2D eigenvalue weighted by Crippen LogP contribution is -2.46. The lowest BCUT2D eigenvalue weighted by Gasteiger charge is -2.32. The van der Waals surface area contributed by atoms with E-state index >= 15 is 0 Å². The van der Waals surface area contributed by atoms with Gasteiger partial charge in [-0.2, -0.15) is 4.31 Å². The van der Waals surface area contributed by atoms with E-state index in [4.69, 9.17) is 0 Å². The van der Waals surface area contributed by atoms with Crippen molar-refractivity contribution in [3.8, 4) is 0 Å². The Kier molecular flexibility index (Phi) is 6.35. The lowest BCUT2D eigenvalue weighted by molar-refractivity contribution is -0.125. The minimum atomic E-state index is -3.51. The number of benzene rings is 1. The van der Waals surface area contributed by atoms with Crippen molar-refractivity contribution in [3.05, 3.63) is 29.3 Å². The van der Waals surface area contributed by atoms with Crippen LogP contribution in [0.3, 0.4) is 0 Å². The minimum Gasteiger partial charge on any atom is -0.353 e. The third kappa shape index (κ3) is 5.12. The molecule has 0 aromatic heterocycles. The first-order chi connectivity index (χ1) is 11.7. The number of ketones is 1. The molecule has 2 rings (SSSR count). The van der Waals surface area contributed by atoms with E-state index in [1.807, 2.05) is 26.0 Å². The molecule has 0 bridgehead atoms. The van der Waals surface area contributed by atoms with Crippen LogP contribution in [0, 0.1) is 13.8 Å². The Morgan fingerprint density at radius 1 is 1.16 bits per heavy atom. The fourth-order valence-corrected chi connectivity index (χ4v) is 4.73. The predicted octanol–water partition coefficient (Wildman–Crippen LogP) is 1.94. The van der Waals surface area contributed by atoms with Crippen molar-refractivity contribution in [1.82, 2.24) is 9.62 Å². The molecular weight excluding hydrogens is 340 g/mol. The Morgan fingerprint density at radius 2 is 1.80 bits per heavy atom. The molecule has 1 aromatic carbocycles. The molecule has 1 heterocycles. The Labute approximate surface area is 149 Å². The van der Waals surface area contributed by atoms with Crippen molar-refractivity contribution in [2.45, 2.75) is 57.4 Å². The van der Waals surface area contributed by atoms with Crippen molar-refractivity contribution < 1.29 is 18.0 Å². The summed E-state index contributed by atoms with van der Waals surface area (Å²) in [5.74, 6) is -0.157. The van der Waals surface area contributed by atoms with E-state index in [2.05, 4.69) is 5.32 Å². The first-order valence-electron chi connectivity index (χ1n) is 8.56. The van der Waals surface area contributed by atoms with Crippen molar-refractivity contribution in [1.29, 1.82) is 0 Å². The van der Waals surface area contributed by atoms with E-state index in [0.717, 1.165) is 11.1 Å². The van der Waals surface area contributed by atoms with Crippen LogP contribution in [-0.2, 0) is 19.6 Å². The average molecular weight is 366 g/mol. The zero-order valence-electron chi connectivity index (χ0n) is 15.0. The quantitative estimate of drug-likeness (QED) is 0.834. The maximum Gasteiger partial charge on any atom is 0.243 e. The number of aryl methyl sites for hydroxylation is 2. The number of hydrogen-bond donors (Lipinski definition) is 1. The van der Waals surface area contributed by atoms with Crippen LogP contribution in [0.25, 0.3) is 0 Å². The molecule has 0 spiro atoms. The van der Waals surface area contributed by atoms with Crippen LogP contribution in [0.2, 0.25) is 0 Å². The molecule has 6 nitrogen and oxygen atoms in total. The summed E-state index contributed by atoms with van der Waals surface area (Å²) in [5.41, 5.74) is 1.78. The normalized spacial score (nSPS) is 16.6. The Balaban J connectivity index is 1.95. The molecule has 0 saturated carbocycles. The molecule has 0 aliphatic carbocycles. The van der Waals surface area contributed by atoms with Gasteiger partial charge in [0.05, 0.1) is 4.90 Å². The first-order valence-corrected chi connectivity index (χ1v) is 10.0. The molecule has 1 saturated heterocycles. The molecule has 1 N–H and O–H groups in total. The second-order valence-electron chi connectivity index (χ2n) is 6.72. The van der Waals surface area contributed by atoms with Gasteiger partial charge < -0.3 is 10.1 Å². The summed E-state index contributed by atoms with van der Waals surface area (Å²) in [5, 5.41) is 2.89. The summed E-state index contributed by atoms with van der Waals surface area (Å²) in [4.78, 5) is 23.1. The summed E-state index contributed by atoms with van der Waals surface area (Å²) in [7, 11) is -3.51. The van der Waals surface area contributed by atoms with Gasteiger partial charge in [-0.1, -0.05) is 17.7 Å². The highest BCUT2D eigenvalue weighted by Gasteiger charge is 2.30. The van der Waals surface area contributed by atoms with Crippen molar-refractivity contribution in [2.24, 2.45) is 0 Å². The second-order valence-corrected chi connectivity index (χ2v) is 8.62. The molecule has 0 atom stereocenters. The number of amides is 1. The predicted molar refractivity (Wildman–Crippen MR) is 95.8 cm³/mol. The van der Waals surface area contributed by atoms with Crippen molar-refractivity contribution in [2.75, 3.05) is 13.1 Å². The highest BCUT2D eigenvalue weighted by molar-refractivity contribution is 7.89. The van der Waals surface area contributed by atoms with Gasteiger partial charge in [-0.05, 0) is 45.2 Å². The maximum atomic E-state index is 12.8. The zero-order chi connectivity index (χ0) is 18.6. The van der Waals surface area contributed by atoms with Crippen LogP contribution >= 0.6 is 0 Å². The number of nitrogens with one attached hydrogen (secondary N) is 1. The van der Waals surface area contributed by atoms with Crippen LogP contribution in [0.5, 0.6) is 0 Å². The van der Waals surface area contributed by atoms with E-state index in [-0.39, 0.29) is 30.6 Å². The summed E-state index contributed by atoms with van der Waals surface area (Å²) >= 11 is 0. The van der Waals surface area contributed by atoms with Gasteiger partial charge in [0.15, 0.2) is 0 Å². The van der Waals surface area contributed by atoms with Gasteiger partial charge in [-0.15, -0.1) is 0 Å². The number of rotatable bonds is 6. The zero-order valence-corrected chi connectivity index (χ0v) is 15.9. The SMILES string of the molecule is CC(=O)CCC(=O)NC1CCN(S(=O)(=O)c2ccc(C)cc2C)CC1. The summed E-state index contributed by atoms with van der Waals surface area (Å²) in [6.07, 6.45) is 1.59. The number of piperidine rings is 1. The van der Waals surface area contributed by atoms with Crippen LogP contribution in [0.1, 0.15) is 43.7 Å². The number of sulfonamides is 1. The highest BCUT2D eigenvalue weighted by atomic mass is 32.2. The lowest BCUT2D eigenvalue weighted by atomic mass is 10.1. The van der Waals surface area contributed by atoms with E-state index in [9.17, 15) is 18.0 Å². The molecule has 1 fully saturated rings. The van der Waals surface area contributed by atoms with Crippen LogP contribution in [0.4, 0.5) is 0 Å². The van der Waals surface area contributed by atoms with Crippen LogP contribution in [-0.4, -0.2) is 43.5 Å². The highest BCUT2D eigenvalue weighted by Crippen LogP contribution is 2.24. The first kappa shape index (κ1) is 19.6. The van der Waals surface area contributed by atoms with Gasteiger partial charge in [0.2, 0.25) is 15.9 Å². The molecule has 1 aliphatic rings. The fraction of sp³-hybridized carbons (Fsp3) is 0.556. The van der Waals surface area contributed by atoms with Gasteiger partial charge in [-0.3, -0.25) is 4.79 Å². The molecule has 0 radical (unpaired) electrons. The largest absolute Gasteiger partial charge is 0.353 e. The summed E-state index contributed by atoms with van der Waals surface area (Å²) in [6, 6.07) is 5.30. The number of nitrogens with zero attached hydrogens (tertiary/aromatic N) is 1. The van der Waals surface area contributed by atoms with Crippen molar-refractivity contribution >= 4 is 21.7 Å². The summed E-state index contributed by atoms with van der Waals surface area (Å²) < 4.78 is 27.1. The number of hydrogen-bond acceptors (Lipinski definition) is 4. The fourth-order valence-electron chi connectivity index (χ4n) is 3.06. The second kappa shape index (κ2) is 8.10. The van der Waals surface area contributed by atoms with Gasteiger partial charge in [0.25, 0.3) is 0 Å². The number of Topliss-reactive ketones (excluding diaryl/α,β-unsaturated/α-hetero) is 1. The number of carbonyl (C=O) groups is 2. The third-order valence-electron chi connectivity index (χ3n) is 4.47. The maximum absolute atomic E-state index is 12.8. The molecule has 1 aromatic rings. The molecule has 25 heavy (non-hydrogen) atoms. The molecule has 7 heteroatoms. The number of carbonyl (C=O) groups excluding carboxylic acids is 2. The van der Waals surface area contributed by atoms with Gasteiger partial charge >= 0.3 is 0 Å². The molecule has 1 aliphatic heterocycles. The summed E-state index contributed by atoms with van der Waals surface area (Å²) in [6.45, 7) is 5.97. The van der Waals surface area contributed by atoms with E-state index in [1.165, 1.54) is 11.2 Å². The van der Waals surface area contributed by atoms with Gasteiger partial charge in [0, 0.05) is 32.0 Å². The Morgan fingerprint density at radius 3 is 2.36 bits per heavy atom. The van der Waals surface area contributed by atoms with Crippen molar-refractivity contribution in [3.63, 3.8) is 0 Å². The van der Waals surface area contributed by atoms with Crippen LogP contribution in [0.15, 0.2) is 23.1 Å². The van der Waals surface area contributed by atoms with E-state index in [0.29, 0.717) is 30.8 Å². The molecule has 1 amide bonds.